The average molecular weight is 347 g/mol. The van der Waals surface area contributed by atoms with Crippen LogP contribution in [0.15, 0.2) is 0 Å². The summed E-state index contributed by atoms with van der Waals surface area (Å²) in [6.45, 7) is 3.62. The van der Waals surface area contributed by atoms with E-state index in [1.807, 2.05) is 13.8 Å². The molecule has 0 spiro atoms. The first-order chi connectivity index (χ1) is 11.2. The van der Waals surface area contributed by atoms with Gasteiger partial charge in [-0.3, -0.25) is 14.4 Å². The minimum Gasteiger partial charge on any atom is -0.469 e. The third kappa shape index (κ3) is 6.95. The van der Waals surface area contributed by atoms with Gasteiger partial charge in [0.2, 0.25) is 5.91 Å². The highest BCUT2D eigenvalue weighted by molar-refractivity contribution is 5.92. The number of carbonyl (C=O) groups is 4. The van der Waals surface area contributed by atoms with Crippen LogP contribution in [0.25, 0.3) is 0 Å². The van der Waals surface area contributed by atoms with Gasteiger partial charge < -0.3 is 24.6 Å². The number of rotatable bonds is 9. The summed E-state index contributed by atoms with van der Waals surface area (Å²) in [6, 6.07) is -1.49. The smallest absolute Gasteiger partial charge is 0.329 e. The monoisotopic (exact) mass is 347 g/mol. The highest BCUT2D eigenvalue weighted by atomic mass is 16.5. The van der Waals surface area contributed by atoms with Gasteiger partial charge in [0.15, 0.2) is 0 Å². The van der Waals surface area contributed by atoms with Crippen molar-refractivity contribution < 1.29 is 38.5 Å². The van der Waals surface area contributed by atoms with Gasteiger partial charge in [0, 0.05) is 0 Å². The van der Waals surface area contributed by atoms with E-state index in [4.69, 9.17) is 0 Å². The predicted molar refractivity (Wildman–Crippen MR) is 81.5 cm³/mol. The second kappa shape index (κ2) is 10.6. The van der Waals surface area contributed by atoms with E-state index in [0.717, 1.165) is 21.3 Å². The molecule has 0 saturated carbocycles. The molecule has 2 N–H and O–H groups in total. The zero-order valence-electron chi connectivity index (χ0n) is 14.5. The van der Waals surface area contributed by atoms with Gasteiger partial charge in [0.05, 0.1) is 33.7 Å². The van der Waals surface area contributed by atoms with E-state index in [2.05, 4.69) is 19.5 Å². The van der Waals surface area contributed by atoms with Crippen LogP contribution in [0.5, 0.6) is 0 Å². The highest BCUT2D eigenvalue weighted by Gasteiger charge is 2.39. The fourth-order valence-electron chi connectivity index (χ4n) is 2.01. The second-order valence-corrected chi connectivity index (χ2v) is 5.56. The quantitative estimate of drug-likeness (QED) is 0.418. The second-order valence-electron chi connectivity index (χ2n) is 5.56. The Hall–Kier alpha value is -2.16. The highest BCUT2D eigenvalue weighted by Crippen LogP contribution is 2.15. The summed E-state index contributed by atoms with van der Waals surface area (Å²) < 4.78 is 13.6. The molecule has 9 nitrogen and oxygen atoms in total. The molecule has 0 rings (SSSR count). The molecule has 0 fully saturated rings. The number of esters is 3. The molecule has 0 unspecified atom stereocenters. The fraction of sp³-hybridized carbons (Fsp3) is 0.733. The maximum absolute atomic E-state index is 12.0. The summed E-state index contributed by atoms with van der Waals surface area (Å²) in [5, 5.41) is 12.1. The number of aliphatic hydroxyl groups excluding tert-OH is 1. The minimum absolute atomic E-state index is 0.0359. The zero-order chi connectivity index (χ0) is 18.9. The molecule has 0 aliphatic rings. The topological polar surface area (TPSA) is 128 Å². The third-order valence-electron chi connectivity index (χ3n) is 3.27. The molecule has 0 radical (unpaired) electrons. The molecular weight excluding hydrogens is 322 g/mol. The SMILES string of the molecule is COC(=O)C[C@@H](C(=O)OC)[C@H](NC(=O)[C@H](O)CC(C)C)C(=O)OC. The summed E-state index contributed by atoms with van der Waals surface area (Å²) in [5.74, 6) is -4.76. The first-order valence-corrected chi connectivity index (χ1v) is 7.38. The van der Waals surface area contributed by atoms with E-state index < -0.39 is 48.3 Å². The number of aliphatic hydroxyl groups is 1. The Morgan fingerprint density at radius 2 is 1.50 bits per heavy atom. The maximum Gasteiger partial charge on any atom is 0.329 e. The molecule has 0 aromatic heterocycles. The van der Waals surface area contributed by atoms with Crippen LogP contribution in [-0.4, -0.2) is 62.4 Å². The van der Waals surface area contributed by atoms with Crippen molar-refractivity contribution in [3.05, 3.63) is 0 Å². The summed E-state index contributed by atoms with van der Waals surface area (Å²) in [4.78, 5) is 47.4. The first kappa shape index (κ1) is 21.8. The van der Waals surface area contributed by atoms with Crippen molar-refractivity contribution in [3.8, 4) is 0 Å². The largest absolute Gasteiger partial charge is 0.469 e. The molecule has 9 heteroatoms. The van der Waals surface area contributed by atoms with Gasteiger partial charge in [0.1, 0.15) is 12.1 Å². The molecule has 1 amide bonds. The Balaban J connectivity index is 5.38. The van der Waals surface area contributed by atoms with Crippen LogP contribution in [0.2, 0.25) is 0 Å². The van der Waals surface area contributed by atoms with E-state index >= 15 is 0 Å². The van der Waals surface area contributed by atoms with Crippen LogP contribution in [0.1, 0.15) is 26.7 Å². The molecule has 0 aromatic carbocycles. The molecular formula is C15H25NO8. The first-order valence-electron chi connectivity index (χ1n) is 7.38. The third-order valence-corrected chi connectivity index (χ3v) is 3.27. The summed E-state index contributed by atoms with van der Waals surface area (Å²) in [7, 11) is 3.27. The van der Waals surface area contributed by atoms with Gasteiger partial charge in [-0.2, -0.15) is 0 Å². The van der Waals surface area contributed by atoms with Crippen LogP contribution in [0, 0.1) is 11.8 Å². The molecule has 3 atom stereocenters. The molecule has 0 bridgehead atoms. The van der Waals surface area contributed by atoms with Gasteiger partial charge in [-0.05, 0) is 12.3 Å². The number of hydrogen-bond acceptors (Lipinski definition) is 8. The number of methoxy groups -OCH3 is 3. The molecule has 0 heterocycles. The number of carbonyl (C=O) groups excluding carboxylic acids is 4. The molecule has 0 saturated heterocycles. The lowest BCUT2D eigenvalue weighted by Gasteiger charge is -2.24. The van der Waals surface area contributed by atoms with Crippen molar-refractivity contribution in [3.63, 3.8) is 0 Å². The van der Waals surface area contributed by atoms with Crippen molar-refractivity contribution in [1.82, 2.24) is 5.32 Å². The fourth-order valence-corrected chi connectivity index (χ4v) is 2.01. The minimum atomic E-state index is -1.49. The lowest BCUT2D eigenvalue weighted by atomic mass is 9.95. The Bertz CT molecular complexity index is 462. The van der Waals surface area contributed by atoms with E-state index in [0.29, 0.717) is 0 Å². The van der Waals surface area contributed by atoms with Crippen molar-refractivity contribution in [1.29, 1.82) is 0 Å². The van der Waals surface area contributed by atoms with E-state index in [1.165, 1.54) is 0 Å². The van der Waals surface area contributed by atoms with Gasteiger partial charge in [-0.1, -0.05) is 13.8 Å². The van der Waals surface area contributed by atoms with Crippen molar-refractivity contribution in [2.75, 3.05) is 21.3 Å². The van der Waals surface area contributed by atoms with E-state index in [-0.39, 0.29) is 12.3 Å². The molecule has 138 valence electrons. The summed E-state index contributed by atoms with van der Waals surface area (Å²) in [6.07, 6.45) is -1.70. The average Bonchev–Trinajstić information content (AvgIpc) is 2.55. The molecule has 24 heavy (non-hydrogen) atoms. The number of ether oxygens (including phenoxy) is 3. The molecule has 0 aromatic rings. The Morgan fingerprint density at radius 1 is 0.958 bits per heavy atom. The van der Waals surface area contributed by atoms with Crippen LogP contribution < -0.4 is 5.32 Å². The number of nitrogens with one attached hydrogen (secondary N) is 1. The molecule has 0 aliphatic carbocycles. The lowest BCUT2D eigenvalue weighted by molar-refractivity contribution is -0.160. The van der Waals surface area contributed by atoms with E-state index in [1.54, 1.807) is 0 Å². The Kier molecular flexibility index (Phi) is 9.63. The van der Waals surface area contributed by atoms with Crippen LogP contribution in [-0.2, 0) is 33.4 Å². The number of amides is 1. The van der Waals surface area contributed by atoms with Crippen molar-refractivity contribution >= 4 is 23.8 Å². The van der Waals surface area contributed by atoms with Crippen molar-refractivity contribution in [2.24, 2.45) is 11.8 Å². The molecule has 0 aliphatic heterocycles. The summed E-state index contributed by atoms with van der Waals surface area (Å²) in [5.41, 5.74) is 0. The number of hydrogen-bond donors (Lipinski definition) is 2. The van der Waals surface area contributed by atoms with E-state index in [9.17, 15) is 24.3 Å². The Morgan fingerprint density at radius 3 is 1.92 bits per heavy atom. The van der Waals surface area contributed by atoms with Gasteiger partial charge in [-0.15, -0.1) is 0 Å². The lowest BCUT2D eigenvalue weighted by Crippen LogP contribution is -2.52. The summed E-state index contributed by atoms with van der Waals surface area (Å²) >= 11 is 0. The van der Waals surface area contributed by atoms with Crippen molar-refractivity contribution in [2.45, 2.75) is 38.8 Å². The normalized spacial score (nSPS) is 14.3. The van der Waals surface area contributed by atoms with Crippen LogP contribution in [0.4, 0.5) is 0 Å². The van der Waals surface area contributed by atoms with Gasteiger partial charge >= 0.3 is 17.9 Å². The zero-order valence-corrected chi connectivity index (χ0v) is 14.5. The van der Waals surface area contributed by atoms with Crippen LogP contribution in [0.3, 0.4) is 0 Å². The Labute approximate surface area is 140 Å². The van der Waals surface area contributed by atoms with Crippen LogP contribution >= 0.6 is 0 Å². The van der Waals surface area contributed by atoms with Gasteiger partial charge in [-0.25, -0.2) is 4.79 Å². The van der Waals surface area contributed by atoms with Gasteiger partial charge in [0.25, 0.3) is 0 Å². The maximum atomic E-state index is 12.0. The standard InChI is InChI=1S/C15H25NO8/c1-8(2)6-10(17)13(19)16-12(15(21)24-5)9(14(20)23-4)7-11(18)22-3/h8-10,12,17H,6-7H2,1-5H3,(H,16,19)/t9-,10-,12+/m1/s1. The predicted octanol–water partition coefficient (Wildman–Crippen LogP) is -0.596.